The van der Waals surface area contributed by atoms with Gasteiger partial charge in [0.2, 0.25) is 5.91 Å². The van der Waals surface area contributed by atoms with Crippen LogP contribution in [0.4, 0.5) is 10.2 Å². The van der Waals surface area contributed by atoms with E-state index in [0.29, 0.717) is 29.1 Å². The molecule has 4 nitrogen and oxygen atoms in total. The number of nitrogens with one attached hydrogen (secondary N) is 1. The van der Waals surface area contributed by atoms with Gasteiger partial charge in [-0.2, -0.15) is 0 Å². The second-order valence-corrected chi connectivity index (χ2v) is 7.11. The number of anilines is 1. The average Bonchev–Trinajstić information content (AvgIpc) is 3.07. The van der Waals surface area contributed by atoms with E-state index in [1.807, 2.05) is 66.9 Å². The van der Waals surface area contributed by atoms with E-state index >= 15 is 0 Å². The zero-order valence-electron chi connectivity index (χ0n) is 16.4. The number of fused-ring (bicyclic) bond motifs is 1. The fraction of sp³-hybridized carbons (Fsp3) is 0.167. The molecule has 1 amide bonds. The Morgan fingerprint density at radius 3 is 2.62 bits per heavy atom. The number of halogens is 1. The van der Waals surface area contributed by atoms with Gasteiger partial charge in [0.1, 0.15) is 23.0 Å². The van der Waals surface area contributed by atoms with Gasteiger partial charge in [0.05, 0.1) is 5.92 Å². The monoisotopic (exact) mass is 387 g/mol. The molecule has 0 saturated heterocycles. The van der Waals surface area contributed by atoms with Crippen LogP contribution in [0.3, 0.4) is 0 Å². The van der Waals surface area contributed by atoms with Gasteiger partial charge >= 0.3 is 0 Å². The van der Waals surface area contributed by atoms with Crippen LogP contribution >= 0.6 is 0 Å². The van der Waals surface area contributed by atoms with E-state index in [9.17, 15) is 9.18 Å². The molecule has 0 aliphatic carbocycles. The fourth-order valence-electron chi connectivity index (χ4n) is 3.56. The number of carbonyl (C=O) groups is 1. The zero-order valence-corrected chi connectivity index (χ0v) is 16.4. The van der Waals surface area contributed by atoms with Gasteiger partial charge in [-0.25, -0.2) is 9.37 Å². The lowest BCUT2D eigenvalue weighted by molar-refractivity contribution is -0.117. The maximum atomic E-state index is 13.8. The summed E-state index contributed by atoms with van der Waals surface area (Å²) in [4.78, 5) is 17.9. The Hall–Kier alpha value is -3.47. The molecule has 5 heteroatoms. The predicted octanol–water partition coefficient (Wildman–Crippen LogP) is 5.58. The Kier molecular flexibility index (Phi) is 5.12. The van der Waals surface area contributed by atoms with Crippen molar-refractivity contribution in [3.8, 4) is 11.3 Å². The highest BCUT2D eigenvalue weighted by Gasteiger charge is 2.23. The highest BCUT2D eigenvalue weighted by atomic mass is 19.1. The topological polar surface area (TPSA) is 46.4 Å². The highest BCUT2D eigenvalue weighted by molar-refractivity contribution is 5.98. The molecule has 0 spiro atoms. The van der Waals surface area contributed by atoms with Crippen molar-refractivity contribution in [2.75, 3.05) is 5.32 Å². The number of rotatable bonds is 5. The van der Waals surface area contributed by atoms with Crippen LogP contribution in [-0.4, -0.2) is 15.3 Å². The molecule has 2 aromatic heterocycles. The molecule has 29 heavy (non-hydrogen) atoms. The summed E-state index contributed by atoms with van der Waals surface area (Å²) in [6.07, 6.45) is 2.54. The van der Waals surface area contributed by atoms with E-state index in [1.54, 1.807) is 12.1 Å². The molecule has 1 atom stereocenters. The predicted molar refractivity (Wildman–Crippen MR) is 113 cm³/mol. The third-order valence-electron chi connectivity index (χ3n) is 5.05. The Labute approximate surface area is 169 Å². The first-order chi connectivity index (χ1) is 14.1. The minimum absolute atomic E-state index is 0.112. The number of carbonyl (C=O) groups excluding carboxylic acids is 1. The van der Waals surface area contributed by atoms with Crippen molar-refractivity contribution in [1.29, 1.82) is 0 Å². The Balaban J connectivity index is 1.79. The molecule has 146 valence electrons. The normalized spacial score (nSPS) is 12.1. The van der Waals surface area contributed by atoms with Crippen molar-refractivity contribution >= 4 is 17.4 Å². The van der Waals surface area contributed by atoms with Crippen LogP contribution in [0.5, 0.6) is 0 Å². The molecule has 0 saturated carbocycles. The van der Waals surface area contributed by atoms with Crippen molar-refractivity contribution in [2.45, 2.75) is 26.2 Å². The van der Waals surface area contributed by atoms with Gasteiger partial charge in [0, 0.05) is 11.8 Å². The number of pyridine rings is 1. The number of nitrogens with zero attached hydrogens (tertiary/aromatic N) is 2. The van der Waals surface area contributed by atoms with Gasteiger partial charge in [-0.15, -0.1) is 0 Å². The molecule has 1 N–H and O–H groups in total. The largest absolute Gasteiger partial charge is 0.309 e. The van der Waals surface area contributed by atoms with Gasteiger partial charge in [0.25, 0.3) is 0 Å². The van der Waals surface area contributed by atoms with Crippen molar-refractivity contribution in [2.24, 2.45) is 0 Å². The van der Waals surface area contributed by atoms with Crippen LogP contribution in [-0.2, 0) is 4.79 Å². The van der Waals surface area contributed by atoms with Crippen LogP contribution < -0.4 is 5.32 Å². The van der Waals surface area contributed by atoms with Gasteiger partial charge in [-0.3, -0.25) is 9.20 Å². The Morgan fingerprint density at radius 1 is 1.10 bits per heavy atom. The maximum Gasteiger partial charge on any atom is 0.233 e. The molecule has 0 aliphatic heterocycles. The van der Waals surface area contributed by atoms with Gasteiger partial charge in [0.15, 0.2) is 0 Å². The van der Waals surface area contributed by atoms with Crippen LogP contribution in [0, 0.1) is 12.7 Å². The second kappa shape index (κ2) is 7.87. The lowest BCUT2D eigenvalue weighted by Gasteiger charge is -2.16. The summed E-state index contributed by atoms with van der Waals surface area (Å²) in [5.74, 6) is -0.194. The van der Waals surface area contributed by atoms with Crippen LogP contribution in [0.1, 0.15) is 30.4 Å². The summed E-state index contributed by atoms with van der Waals surface area (Å²) in [5.41, 5.74) is 3.89. The molecular formula is C24H22FN3O. The first-order valence-electron chi connectivity index (χ1n) is 9.67. The summed E-state index contributed by atoms with van der Waals surface area (Å²) in [5, 5.41) is 3.06. The molecule has 4 rings (SSSR count). The Bertz CT molecular complexity index is 1170. The molecule has 0 bridgehead atoms. The van der Waals surface area contributed by atoms with E-state index in [2.05, 4.69) is 10.3 Å². The molecule has 4 aromatic rings. The van der Waals surface area contributed by atoms with Crippen molar-refractivity contribution in [3.63, 3.8) is 0 Å². The third kappa shape index (κ3) is 3.76. The lowest BCUT2D eigenvalue weighted by atomic mass is 9.95. The van der Waals surface area contributed by atoms with Gasteiger partial charge < -0.3 is 5.32 Å². The maximum absolute atomic E-state index is 13.8. The molecule has 0 fully saturated rings. The summed E-state index contributed by atoms with van der Waals surface area (Å²) in [7, 11) is 0. The summed E-state index contributed by atoms with van der Waals surface area (Å²) >= 11 is 0. The molecule has 2 heterocycles. The fourth-order valence-corrected chi connectivity index (χ4v) is 3.56. The number of benzene rings is 2. The van der Waals surface area contributed by atoms with Crippen LogP contribution in [0.25, 0.3) is 16.9 Å². The van der Waals surface area contributed by atoms with E-state index in [4.69, 9.17) is 0 Å². The number of hydrogen-bond donors (Lipinski definition) is 1. The Morgan fingerprint density at radius 2 is 1.90 bits per heavy atom. The quantitative estimate of drug-likeness (QED) is 0.486. The molecule has 2 aromatic carbocycles. The smallest absolute Gasteiger partial charge is 0.233 e. The zero-order chi connectivity index (χ0) is 20.4. The van der Waals surface area contributed by atoms with Crippen molar-refractivity contribution < 1.29 is 9.18 Å². The number of aromatic nitrogens is 2. The molecular weight excluding hydrogens is 365 g/mol. The van der Waals surface area contributed by atoms with E-state index in [-0.39, 0.29) is 17.6 Å². The minimum atomic E-state index is -0.344. The first-order valence-corrected chi connectivity index (χ1v) is 9.67. The number of imidazole rings is 1. The van der Waals surface area contributed by atoms with E-state index in [0.717, 1.165) is 11.1 Å². The standard InChI is InChI=1S/C24H22FN3O/c1-3-20(17-8-5-4-6-9-17)24(29)27-23-22(18-10-7-11-19(25)15-18)26-21-14-16(2)12-13-28(21)23/h4-15,20H,3H2,1-2H3,(H,27,29)/t20-/m0/s1. The molecule has 0 unspecified atom stereocenters. The lowest BCUT2D eigenvalue weighted by Crippen LogP contribution is -2.22. The van der Waals surface area contributed by atoms with E-state index in [1.165, 1.54) is 12.1 Å². The number of hydrogen-bond acceptors (Lipinski definition) is 2. The van der Waals surface area contributed by atoms with Crippen molar-refractivity contribution in [3.05, 3.63) is 89.9 Å². The molecule has 0 aliphatic rings. The van der Waals surface area contributed by atoms with Gasteiger partial charge in [-0.05, 0) is 48.7 Å². The number of aryl methyl sites for hydroxylation is 1. The van der Waals surface area contributed by atoms with Crippen LogP contribution in [0.15, 0.2) is 72.9 Å². The third-order valence-corrected chi connectivity index (χ3v) is 5.05. The highest BCUT2D eigenvalue weighted by Crippen LogP contribution is 2.31. The minimum Gasteiger partial charge on any atom is -0.309 e. The second-order valence-electron chi connectivity index (χ2n) is 7.11. The van der Waals surface area contributed by atoms with Gasteiger partial charge in [-0.1, -0.05) is 49.4 Å². The first kappa shape index (κ1) is 18.9. The average molecular weight is 387 g/mol. The summed E-state index contributed by atoms with van der Waals surface area (Å²) in [6.45, 7) is 3.97. The summed E-state index contributed by atoms with van der Waals surface area (Å²) in [6, 6.07) is 19.9. The molecule has 0 radical (unpaired) electrons. The van der Waals surface area contributed by atoms with Crippen molar-refractivity contribution in [1.82, 2.24) is 9.38 Å². The SMILES string of the molecule is CC[C@H](C(=O)Nc1c(-c2cccc(F)c2)nc2cc(C)ccn12)c1ccccc1. The van der Waals surface area contributed by atoms with Crippen LogP contribution in [0.2, 0.25) is 0 Å². The number of amides is 1. The summed E-state index contributed by atoms with van der Waals surface area (Å²) < 4.78 is 15.7. The van der Waals surface area contributed by atoms with E-state index < -0.39 is 0 Å².